The highest BCUT2D eigenvalue weighted by Crippen LogP contribution is 2.30. The van der Waals surface area contributed by atoms with Gasteiger partial charge in [-0.15, -0.1) is 0 Å². The lowest BCUT2D eigenvalue weighted by atomic mass is 10.2. The van der Waals surface area contributed by atoms with E-state index in [4.69, 9.17) is 14.2 Å². The molecule has 2 rings (SSSR count). The summed E-state index contributed by atoms with van der Waals surface area (Å²) in [6, 6.07) is 6.04. The summed E-state index contributed by atoms with van der Waals surface area (Å²) in [5.41, 5.74) is 1.11. The average molecular weight is 364 g/mol. The molecule has 6 heteroatoms. The summed E-state index contributed by atoms with van der Waals surface area (Å²) >= 11 is 0. The fourth-order valence-electron chi connectivity index (χ4n) is 2.55. The Hall–Kier alpha value is -1.95. The number of aliphatic imine (C=N–C) groups is 1. The topological polar surface area (TPSA) is 64.1 Å². The van der Waals surface area contributed by atoms with E-state index in [1.165, 1.54) is 6.42 Å². The first kappa shape index (κ1) is 20.4. The van der Waals surface area contributed by atoms with E-state index >= 15 is 0 Å². The van der Waals surface area contributed by atoms with Crippen LogP contribution in [-0.4, -0.2) is 45.5 Å². The van der Waals surface area contributed by atoms with Gasteiger partial charge in [-0.2, -0.15) is 0 Å². The molecule has 6 nitrogen and oxygen atoms in total. The van der Waals surface area contributed by atoms with Crippen molar-refractivity contribution < 1.29 is 14.2 Å². The van der Waals surface area contributed by atoms with Crippen molar-refractivity contribution in [3.63, 3.8) is 0 Å². The molecule has 0 saturated heterocycles. The van der Waals surface area contributed by atoms with Crippen LogP contribution in [0.3, 0.4) is 0 Å². The summed E-state index contributed by atoms with van der Waals surface area (Å²) in [6.07, 6.45) is 4.19. The van der Waals surface area contributed by atoms with E-state index < -0.39 is 0 Å². The summed E-state index contributed by atoms with van der Waals surface area (Å²) in [7, 11) is 0. The number of nitrogens with one attached hydrogen (secondary N) is 2. The van der Waals surface area contributed by atoms with Crippen molar-refractivity contribution in [2.75, 3.05) is 39.5 Å². The van der Waals surface area contributed by atoms with Crippen LogP contribution in [0, 0.1) is 0 Å². The molecule has 0 atom stereocenters. The van der Waals surface area contributed by atoms with Crippen LogP contribution in [0.4, 0.5) is 0 Å². The number of benzene rings is 1. The predicted octanol–water partition coefficient (Wildman–Crippen LogP) is 3.11. The second-order valence-electron chi connectivity index (χ2n) is 6.27. The van der Waals surface area contributed by atoms with Gasteiger partial charge in [0.2, 0.25) is 0 Å². The van der Waals surface area contributed by atoms with Crippen molar-refractivity contribution in [1.82, 2.24) is 10.6 Å². The van der Waals surface area contributed by atoms with E-state index in [-0.39, 0.29) is 0 Å². The first-order valence-electron chi connectivity index (χ1n) is 9.82. The lowest BCUT2D eigenvalue weighted by Gasteiger charge is -2.12. The lowest BCUT2D eigenvalue weighted by molar-refractivity contribution is 0.129. The molecule has 0 bridgehead atoms. The zero-order valence-corrected chi connectivity index (χ0v) is 16.2. The maximum Gasteiger partial charge on any atom is 0.191 e. The zero-order valence-electron chi connectivity index (χ0n) is 16.2. The minimum atomic E-state index is 0.596. The van der Waals surface area contributed by atoms with Crippen LogP contribution in [0.25, 0.3) is 0 Å². The van der Waals surface area contributed by atoms with E-state index in [0.29, 0.717) is 19.8 Å². The predicted molar refractivity (Wildman–Crippen MR) is 105 cm³/mol. The molecular formula is C20H33N3O3. The van der Waals surface area contributed by atoms with E-state index in [0.717, 1.165) is 68.6 Å². The summed E-state index contributed by atoms with van der Waals surface area (Å²) in [6.45, 7) is 9.57. The van der Waals surface area contributed by atoms with Crippen LogP contribution in [0.5, 0.6) is 11.5 Å². The Kier molecular flexibility index (Phi) is 9.72. The van der Waals surface area contributed by atoms with Crippen LogP contribution < -0.4 is 20.1 Å². The standard InChI is InChI=1S/C20H33N3O3/c1-3-5-11-24-12-6-10-22-20(21-4-2)23-16-17-8-9-18-19(15-17)26-14-7-13-25-18/h8-9,15H,3-7,10-14,16H2,1-2H3,(H2,21,22,23). The summed E-state index contributed by atoms with van der Waals surface area (Å²) in [5, 5.41) is 6.64. The van der Waals surface area contributed by atoms with Crippen molar-refractivity contribution in [3.8, 4) is 11.5 Å². The quantitative estimate of drug-likeness (QED) is 0.380. The van der Waals surface area contributed by atoms with Crippen LogP contribution in [0.2, 0.25) is 0 Å². The van der Waals surface area contributed by atoms with Crippen LogP contribution in [0.1, 0.15) is 45.1 Å². The highest BCUT2D eigenvalue weighted by Gasteiger charge is 2.10. The molecule has 0 radical (unpaired) electrons. The second kappa shape index (κ2) is 12.4. The SMILES string of the molecule is CCCCOCCCNC(=NCc1ccc2c(c1)OCCCO2)NCC. The molecule has 0 unspecified atom stereocenters. The van der Waals surface area contributed by atoms with Crippen molar-refractivity contribution in [2.24, 2.45) is 4.99 Å². The molecule has 0 aromatic heterocycles. The summed E-state index contributed by atoms with van der Waals surface area (Å²) in [5.74, 6) is 2.47. The van der Waals surface area contributed by atoms with Gasteiger partial charge in [0.1, 0.15) is 0 Å². The number of guanidine groups is 1. The first-order chi connectivity index (χ1) is 12.8. The van der Waals surface area contributed by atoms with Crippen LogP contribution >= 0.6 is 0 Å². The molecule has 0 amide bonds. The minimum absolute atomic E-state index is 0.596. The van der Waals surface area contributed by atoms with Gasteiger partial charge in [0.15, 0.2) is 17.5 Å². The number of hydrogen-bond donors (Lipinski definition) is 2. The lowest BCUT2D eigenvalue weighted by Crippen LogP contribution is -2.38. The van der Waals surface area contributed by atoms with Gasteiger partial charge >= 0.3 is 0 Å². The number of hydrogen-bond acceptors (Lipinski definition) is 4. The third kappa shape index (κ3) is 7.52. The summed E-state index contributed by atoms with van der Waals surface area (Å²) < 4.78 is 17.0. The van der Waals surface area contributed by atoms with Gasteiger partial charge < -0.3 is 24.8 Å². The monoisotopic (exact) mass is 363 g/mol. The molecule has 0 aliphatic carbocycles. The largest absolute Gasteiger partial charge is 0.490 e. The fraction of sp³-hybridized carbons (Fsp3) is 0.650. The van der Waals surface area contributed by atoms with Gasteiger partial charge in [0.05, 0.1) is 19.8 Å². The van der Waals surface area contributed by atoms with Crippen molar-refractivity contribution >= 4 is 5.96 Å². The van der Waals surface area contributed by atoms with E-state index in [1.807, 2.05) is 18.2 Å². The molecule has 26 heavy (non-hydrogen) atoms. The Morgan fingerprint density at radius 1 is 1.08 bits per heavy atom. The van der Waals surface area contributed by atoms with E-state index in [1.54, 1.807) is 0 Å². The van der Waals surface area contributed by atoms with E-state index in [9.17, 15) is 0 Å². The van der Waals surface area contributed by atoms with Gasteiger partial charge in [-0.05, 0) is 37.5 Å². The fourth-order valence-corrected chi connectivity index (χ4v) is 2.55. The zero-order chi connectivity index (χ0) is 18.5. The molecular weight excluding hydrogens is 330 g/mol. The molecule has 1 aliphatic rings. The molecule has 1 heterocycles. The first-order valence-corrected chi connectivity index (χ1v) is 9.82. The Balaban J connectivity index is 1.79. The Morgan fingerprint density at radius 2 is 1.88 bits per heavy atom. The van der Waals surface area contributed by atoms with Gasteiger partial charge in [-0.25, -0.2) is 4.99 Å². The highest BCUT2D eigenvalue weighted by atomic mass is 16.5. The maximum atomic E-state index is 5.74. The summed E-state index contributed by atoms with van der Waals surface area (Å²) in [4.78, 5) is 4.66. The molecule has 1 aromatic rings. The molecule has 1 aliphatic heterocycles. The van der Waals surface area contributed by atoms with Gasteiger partial charge in [-0.1, -0.05) is 19.4 Å². The van der Waals surface area contributed by atoms with E-state index in [2.05, 4.69) is 29.5 Å². The van der Waals surface area contributed by atoms with Gasteiger partial charge in [0, 0.05) is 32.7 Å². The number of unbranched alkanes of at least 4 members (excludes halogenated alkanes) is 1. The second-order valence-corrected chi connectivity index (χ2v) is 6.27. The molecule has 146 valence electrons. The molecule has 1 aromatic carbocycles. The minimum Gasteiger partial charge on any atom is -0.490 e. The average Bonchev–Trinajstić information content (AvgIpc) is 2.90. The van der Waals surface area contributed by atoms with Gasteiger partial charge in [0.25, 0.3) is 0 Å². The Morgan fingerprint density at radius 3 is 2.69 bits per heavy atom. The number of rotatable bonds is 10. The normalized spacial score (nSPS) is 14.0. The number of ether oxygens (including phenoxy) is 3. The third-order valence-corrected chi connectivity index (χ3v) is 3.98. The van der Waals surface area contributed by atoms with Gasteiger partial charge in [-0.3, -0.25) is 0 Å². The Labute approximate surface area is 157 Å². The van der Waals surface area contributed by atoms with Crippen molar-refractivity contribution in [2.45, 2.75) is 46.1 Å². The van der Waals surface area contributed by atoms with Crippen molar-refractivity contribution in [3.05, 3.63) is 23.8 Å². The van der Waals surface area contributed by atoms with Crippen LogP contribution in [-0.2, 0) is 11.3 Å². The third-order valence-electron chi connectivity index (χ3n) is 3.98. The smallest absolute Gasteiger partial charge is 0.191 e. The number of nitrogens with zero attached hydrogens (tertiary/aromatic N) is 1. The molecule has 0 spiro atoms. The Bertz CT molecular complexity index is 549. The molecule has 2 N–H and O–H groups in total. The van der Waals surface area contributed by atoms with Crippen LogP contribution in [0.15, 0.2) is 23.2 Å². The molecule has 0 saturated carbocycles. The maximum absolute atomic E-state index is 5.74. The molecule has 0 fully saturated rings. The highest BCUT2D eigenvalue weighted by molar-refractivity contribution is 5.79. The number of fused-ring (bicyclic) bond motifs is 1. The van der Waals surface area contributed by atoms with Crippen molar-refractivity contribution in [1.29, 1.82) is 0 Å².